The number of aliphatic hydroxyl groups is 1. The first-order valence-corrected chi connectivity index (χ1v) is 7.16. The van der Waals surface area contributed by atoms with Crippen LogP contribution in [0.15, 0.2) is 6.07 Å². The van der Waals surface area contributed by atoms with Crippen molar-refractivity contribution in [1.29, 1.82) is 0 Å². The number of nitrogens with one attached hydrogen (secondary N) is 1. The summed E-state index contributed by atoms with van der Waals surface area (Å²) < 4.78 is 0. The normalized spacial score (nSPS) is 20.1. The number of hydrogen-bond donors (Lipinski definition) is 2. The molecule has 19 heavy (non-hydrogen) atoms. The minimum absolute atomic E-state index is 0.206. The average molecular weight is 264 g/mol. The highest BCUT2D eigenvalue weighted by Gasteiger charge is 2.26. The van der Waals surface area contributed by atoms with E-state index in [2.05, 4.69) is 9.88 Å². The Kier molecular flexibility index (Phi) is 4.77. The molecule has 1 fully saturated rings. The number of aryl methyl sites for hydroxylation is 2. The Bertz CT molecular complexity index is 439. The zero-order chi connectivity index (χ0) is 13.8. The van der Waals surface area contributed by atoms with E-state index in [0.717, 1.165) is 49.2 Å². The summed E-state index contributed by atoms with van der Waals surface area (Å²) in [4.78, 5) is 17.8. The smallest absolute Gasteiger partial charge is 0.178 e. The molecule has 1 aromatic heterocycles. The molecule has 0 bridgehead atoms. The molecule has 1 saturated heterocycles. The average Bonchev–Trinajstić information content (AvgIpc) is 2.93. The molecule has 4 nitrogen and oxygen atoms in total. The largest absolute Gasteiger partial charge is 0.396 e. The van der Waals surface area contributed by atoms with Crippen molar-refractivity contribution in [3.8, 4) is 0 Å². The van der Waals surface area contributed by atoms with E-state index >= 15 is 0 Å². The van der Waals surface area contributed by atoms with Gasteiger partial charge in [0.25, 0.3) is 0 Å². The van der Waals surface area contributed by atoms with Gasteiger partial charge in [-0.1, -0.05) is 0 Å². The number of likely N-dealkylation sites (tertiary alicyclic amines) is 1. The summed E-state index contributed by atoms with van der Waals surface area (Å²) in [7, 11) is 0. The Labute approximate surface area is 114 Å². The highest BCUT2D eigenvalue weighted by atomic mass is 16.2. The van der Waals surface area contributed by atoms with Gasteiger partial charge in [-0.3, -0.25) is 9.69 Å². The molecule has 0 amide bonds. The minimum Gasteiger partial charge on any atom is -0.396 e. The van der Waals surface area contributed by atoms with Crippen molar-refractivity contribution in [3.63, 3.8) is 0 Å². The lowest BCUT2D eigenvalue weighted by molar-refractivity contribution is 0.0915. The van der Waals surface area contributed by atoms with Crippen molar-refractivity contribution in [3.05, 3.63) is 23.0 Å². The van der Waals surface area contributed by atoms with Crippen LogP contribution in [0.1, 0.15) is 47.4 Å². The lowest BCUT2D eigenvalue weighted by Gasteiger charge is -2.23. The maximum absolute atomic E-state index is 12.3. The quantitative estimate of drug-likeness (QED) is 0.773. The molecule has 0 aliphatic carbocycles. The van der Waals surface area contributed by atoms with E-state index in [9.17, 15) is 4.79 Å². The van der Waals surface area contributed by atoms with E-state index in [0.29, 0.717) is 12.6 Å². The van der Waals surface area contributed by atoms with E-state index < -0.39 is 0 Å². The number of Topliss-reactive ketones (excluding diaryl/α,β-unsaturated/α-hetero) is 1. The SMILES string of the molecule is Cc1cc(C(=O)CN2CCCC2CCCO)c(C)[nH]1. The molecule has 2 N–H and O–H groups in total. The monoisotopic (exact) mass is 264 g/mol. The molecule has 2 rings (SSSR count). The van der Waals surface area contributed by atoms with Gasteiger partial charge in [0.1, 0.15) is 0 Å². The maximum Gasteiger partial charge on any atom is 0.178 e. The molecule has 0 aromatic carbocycles. The number of rotatable bonds is 6. The van der Waals surface area contributed by atoms with Crippen molar-refractivity contribution in [2.45, 2.75) is 45.6 Å². The zero-order valence-electron chi connectivity index (χ0n) is 11.9. The maximum atomic E-state index is 12.3. The lowest BCUT2D eigenvalue weighted by Crippen LogP contribution is -2.34. The zero-order valence-corrected chi connectivity index (χ0v) is 11.9. The van der Waals surface area contributed by atoms with Crippen LogP contribution in [-0.2, 0) is 0 Å². The van der Waals surface area contributed by atoms with E-state index in [4.69, 9.17) is 5.11 Å². The first-order chi connectivity index (χ1) is 9.11. The topological polar surface area (TPSA) is 56.3 Å². The van der Waals surface area contributed by atoms with Gasteiger partial charge in [0, 0.05) is 29.6 Å². The molecular weight excluding hydrogens is 240 g/mol. The molecule has 4 heteroatoms. The molecule has 106 valence electrons. The van der Waals surface area contributed by atoms with Crippen LogP contribution >= 0.6 is 0 Å². The molecule has 0 radical (unpaired) electrons. The van der Waals surface area contributed by atoms with Crippen LogP contribution in [0.4, 0.5) is 0 Å². The third-order valence-corrected chi connectivity index (χ3v) is 3.99. The van der Waals surface area contributed by atoms with Crippen molar-refractivity contribution < 1.29 is 9.90 Å². The van der Waals surface area contributed by atoms with Crippen LogP contribution in [0, 0.1) is 13.8 Å². The second kappa shape index (κ2) is 6.35. The molecule has 1 aliphatic heterocycles. The molecule has 1 aliphatic rings. The Morgan fingerprint density at radius 3 is 2.95 bits per heavy atom. The number of H-pyrrole nitrogens is 1. The predicted molar refractivity (Wildman–Crippen MR) is 75.5 cm³/mol. The molecule has 2 heterocycles. The summed E-state index contributed by atoms with van der Waals surface area (Å²) in [5.41, 5.74) is 2.83. The van der Waals surface area contributed by atoms with Crippen molar-refractivity contribution >= 4 is 5.78 Å². The fourth-order valence-corrected chi connectivity index (χ4v) is 3.04. The van der Waals surface area contributed by atoms with Crippen LogP contribution in [0.2, 0.25) is 0 Å². The molecule has 1 unspecified atom stereocenters. The summed E-state index contributed by atoms with van der Waals surface area (Å²) in [5.74, 6) is 0.206. The summed E-state index contributed by atoms with van der Waals surface area (Å²) in [6, 6.07) is 2.41. The Morgan fingerprint density at radius 1 is 1.53 bits per heavy atom. The number of aromatic nitrogens is 1. The van der Waals surface area contributed by atoms with Gasteiger partial charge in [-0.05, 0) is 52.1 Å². The van der Waals surface area contributed by atoms with Crippen LogP contribution in [-0.4, -0.2) is 46.5 Å². The van der Waals surface area contributed by atoms with E-state index in [1.807, 2.05) is 19.9 Å². The van der Waals surface area contributed by atoms with Gasteiger partial charge in [0.2, 0.25) is 0 Å². The van der Waals surface area contributed by atoms with E-state index in [-0.39, 0.29) is 12.4 Å². The predicted octanol–water partition coefficient (Wildman–Crippen LogP) is 2.05. The van der Waals surface area contributed by atoms with Gasteiger partial charge in [-0.25, -0.2) is 0 Å². The summed E-state index contributed by atoms with van der Waals surface area (Å²) in [6.07, 6.45) is 4.14. The van der Waals surface area contributed by atoms with Crippen molar-refractivity contribution in [2.24, 2.45) is 0 Å². The van der Waals surface area contributed by atoms with Gasteiger partial charge < -0.3 is 10.1 Å². The standard InChI is InChI=1S/C15H24N2O2/c1-11-9-14(12(2)16-11)15(19)10-17-7-3-5-13(17)6-4-8-18/h9,13,16,18H,3-8,10H2,1-2H3. The minimum atomic E-state index is 0.206. The van der Waals surface area contributed by atoms with Crippen LogP contribution < -0.4 is 0 Å². The number of nitrogens with zero attached hydrogens (tertiary/aromatic N) is 1. The van der Waals surface area contributed by atoms with Crippen molar-refractivity contribution in [2.75, 3.05) is 19.7 Å². The fourth-order valence-electron chi connectivity index (χ4n) is 3.04. The Balaban J connectivity index is 1.96. The Morgan fingerprint density at radius 2 is 2.32 bits per heavy atom. The fraction of sp³-hybridized carbons (Fsp3) is 0.667. The Hall–Kier alpha value is -1.13. The third kappa shape index (κ3) is 3.45. The number of carbonyl (C=O) groups excluding carboxylic acids is 1. The van der Waals surface area contributed by atoms with Gasteiger partial charge in [-0.2, -0.15) is 0 Å². The number of ketones is 1. The number of carbonyl (C=O) groups is 1. The second-order valence-electron chi connectivity index (χ2n) is 5.55. The first-order valence-electron chi connectivity index (χ1n) is 7.16. The van der Waals surface area contributed by atoms with Crippen LogP contribution in [0.25, 0.3) is 0 Å². The summed E-state index contributed by atoms with van der Waals surface area (Å²) in [6.45, 7) is 5.68. The number of aromatic amines is 1. The first kappa shape index (κ1) is 14.3. The van der Waals surface area contributed by atoms with E-state index in [1.165, 1.54) is 0 Å². The van der Waals surface area contributed by atoms with Gasteiger partial charge >= 0.3 is 0 Å². The lowest BCUT2D eigenvalue weighted by atomic mass is 10.1. The molecule has 0 spiro atoms. The number of hydrogen-bond acceptors (Lipinski definition) is 3. The highest BCUT2D eigenvalue weighted by Crippen LogP contribution is 2.22. The number of aliphatic hydroxyl groups excluding tert-OH is 1. The summed E-state index contributed by atoms with van der Waals surface area (Å²) >= 11 is 0. The van der Waals surface area contributed by atoms with Crippen LogP contribution in [0.5, 0.6) is 0 Å². The molecule has 0 saturated carbocycles. The molecular formula is C15H24N2O2. The van der Waals surface area contributed by atoms with Gasteiger partial charge in [0.15, 0.2) is 5.78 Å². The highest BCUT2D eigenvalue weighted by molar-refractivity contribution is 5.98. The van der Waals surface area contributed by atoms with Gasteiger partial charge in [0.05, 0.1) is 6.54 Å². The molecule has 1 atom stereocenters. The molecule has 1 aromatic rings. The summed E-state index contributed by atoms with van der Waals surface area (Å²) in [5, 5.41) is 8.92. The van der Waals surface area contributed by atoms with Crippen molar-refractivity contribution in [1.82, 2.24) is 9.88 Å². The van der Waals surface area contributed by atoms with Gasteiger partial charge in [-0.15, -0.1) is 0 Å². The van der Waals surface area contributed by atoms with Crippen LogP contribution in [0.3, 0.4) is 0 Å². The third-order valence-electron chi connectivity index (χ3n) is 3.99. The second-order valence-corrected chi connectivity index (χ2v) is 5.55. The van der Waals surface area contributed by atoms with E-state index in [1.54, 1.807) is 0 Å².